The Morgan fingerprint density at radius 3 is 2.56 bits per heavy atom. The number of nitrogens with two attached hydrogens (primary N) is 1. The lowest BCUT2D eigenvalue weighted by Crippen LogP contribution is -2.56. The Morgan fingerprint density at radius 1 is 1.44 bits per heavy atom. The average molecular weight is 251 g/mol. The molecule has 2 fully saturated rings. The zero-order valence-corrected chi connectivity index (χ0v) is 11.1. The molecule has 1 saturated heterocycles. The molecule has 2 aliphatic heterocycles. The first-order valence-electron chi connectivity index (χ1n) is 6.76. The van der Waals surface area contributed by atoms with Crippen LogP contribution in [0, 0.1) is 11.8 Å². The molecule has 0 radical (unpaired) electrons. The molecule has 1 aliphatic carbocycles. The zero-order chi connectivity index (χ0) is 12.9. The normalized spacial score (nSPS) is 42.7. The van der Waals surface area contributed by atoms with Crippen molar-refractivity contribution in [1.29, 1.82) is 0 Å². The Morgan fingerprint density at radius 2 is 2.06 bits per heavy atom. The van der Waals surface area contributed by atoms with Crippen LogP contribution in [-0.4, -0.2) is 41.3 Å². The molecule has 3 aliphatic rings. The van der Waals surface area contributed by atoms with E-state index in [4.69, 9.17) is 10.6 Å². The molecule has 18 heavy (non-hydrogen) atoms. The summed E-state index contributed by atoms with van der Waals surface area (Å²) in [5.74, 6) is 1.02. The van der Waals surface area contributed by atoms with Gasteiger partial charge in [-0.1, -0.05) is 5.16 Å². The second kappa shape index (κ2) is 3.95. The number of piperidine rings is 1. The topological polar surface area (TPSA) is 67.9 Å². The number of amides is 1. The van der Waals surface area contributed by atoms with Crippen LogP contribution in [0.25, 0.3) is 0 Å². The predicted octanol–water partition coefficient (Wildman–Crippen LogP) is 0.737. The highest BCUT2D eigenvalue weighted by Gasteiger charge is 2.48. The number of carbonyl (C=O) groups is 1. The molecule has 5 heteroatoms. The van der Waals surface area contributed by atoms with Crippen molar-refractivity contribution in [2.75, 3.05) is 13.1 Å². The van der Waals surface area contributed by atoms with E-state index in [1.807, 2.05) is 18.7 Å². The summed E-state index contributed by atoms with van der Waals surface area (Å²) in [6, 6.07) is 0.282. The first kappa shape index (κ1) is 12.0. The second-order valence-electron chi connectivity index (χ2n) is 6.21. The molecule has 2 N–H and O–H groups in total. The van der Waals surface area contributed by atoms with Crippen molar-refractivity contribution in [1.82, 2.24) is 4.90 Å². The third-order valence-electron chi connectivity index (χ3n) is 4.64. The standard InChI is InChI=1S/C13H21N3O2/c1-8-5-13(2,18-15-8)12(17)16-6-9-3-4-10(7-16)11(9)14/h9-11H,3-7,14H2,1-2H3/t9-,10+,11?,13-/m0/s1. The van der Waals surface area contributed by atoms with Crippen LogP contribution in [0.4, 0.5) is 0 Å². The van der Waals surface area contributed by atoms with Gasteiger partial charge in [-0.2, -0.15) is 0 Å². The molecule has 0 aromatic heterocycles. The highest BCUT2D eigenvalue weighted by molar-refractivity contribution is 5.94. The van der Waals surface area contributed by atoms with Gasteiger partial charge in [0.1, 0.15) is 0 Å². The van der Waals surface area contributed by atoms with E-state index in [1.54, 1.807) is 0 Å². The van der Waals surface area contributed by atoms with Gasteiger partial charge in [-0.15, -0.1) is 0 Å². The van der Waals surface area contributed by atoms with E-state index in [-0.39, 0.29) is 11.9 Å². The Kier molecular flexibility index (Phi) is 2.62. The fraction of sp³-hybridized carbons (Fsp3) is 0.846. The lowest BCUT2D eigenvalue weighted by atomic mass is 9.90. The number of hydrogen-bond donors (Lipinski definition) is 1. The summed E-state index contributed by atoms with van der Waals surface area (Å²) in [4.78, 5) is 19.9. The third kappa shape index (κ3) is 1.72. The maximum Gasteiger partial charge on any atom is 0.269 e. The quantitative estimate of drug-likeness (QED) is 0.747. The predicted molar refractivity (Wildman–Crippen MR) is 68.0 cm³/mol. The lowest BCUT2D eigenvalue weighted by Gasteiger charge is -2.38. The molecule has 1 saturated carbocycles. The number of carbonyl (C=O) groups excluding carboxylic acids is 1. The van der Waals surface area contributed by atoms with E-state index in [0.717, 1.165) is 31.6 Å². The van der Waals surface area contributed by atoms with Gasteiger partial charge < -0.3 is 15.5 Å². The van der Waals surface area contributed by atoms with Crippen molar-refractivity contribution in [3.63, 3.8) is 0 Å². The molecule has 5 nitrogen and oxygen atoms in total. The molecule has 100 valence electrons. The summed E-state index contributed by atoms with van der Waals surface area (Å²) in [7, 11) is 0. The molecule has 1 amide bonds. The maximum absolute atomic E-state index is 12.6. The number of hydrogen-bond acceptors (Lipinski definition) is 4. The van der Waals surface area contributed by atoms with Crippen molar-refractivity contribution in [3.8, 4) is 0 Å². The maximum atomic E-state index is 12.6. The fourth-order valence-electron chi connectivity index (χ4n) is 3.61. The van der Waals surface area contributed by atoms with Gasteiger partial charge in [0.15, 0.2) is 0 Å². The Balaban J connectivity index is 1.71. The molecule has 1 unspecified atom stereocenters. The van der Waals surface area contributed by atoms with Gasteiger partial charge in [0.25, 0.3) is 5.91 Å². The minimum Gasteiger partial charge on any atom is -0.379 e. The van der Waals surface area contributed by atoms with Crippen LogP contribution in [-0.2, 0) is 9.63 Å². The smallest absolute Gasteiger partial charge is 0.269 e. The van der Waals surface area contributed by atoms with Crippen molar-refractivity contribution in [3.05, 3.63) is 0 Å². The van der Waals surface area contributed by atoms with Crippen molar-refractivity contribution >= 4 is 11.6 Å². The van der Waals surface area contributed by atoms with Gasteiger partial charge >= 0.3 is 0 Å². The van der Waals surface area contributed by atoms with Crippen molar-refractivity contribution < 1.29 is 9.63 Å². The van der Waals surface area contributed by atoms with Crippen LogP contribution in [0.5, 0.6) is 0 Å². The van der Waals surface area contributed by atoms with Gasteiger partial charge in [0.05, 0.1) is 5.71 Å². The molecular weight excluding hydrogens is 230 g/mol. The molecule has 4 atom stereocenters. The first-order chi connectivity index (χ1) is 8.49. The van der Waals surface area contributed by atoms with Gasteiger partial charge in [-0.25, -0.2) is 0 Å². The van der Waals surface area contributed by atoms with E-state index in [1.165, 1.54) is 0 Å². The monoisotopic (exact) mass is 251 g/mol. The summed E-state index contributed by atoms with van der Waals surface area (Å²) < 4.78 is 0. The van der Waals surface area contributed by atoms with Crippen LogP contribution in [0.3, 0.4) is 0 Å². The number of oxime groups is 1. The van der Waals surface area contributed by atoms with E-state index >= 15 is 0 Å². The SMILES string of the molecule is CC1=NO[C@](C)(C(=O)N2C[C@H]3CC[C@@H](C2)C3N)C1. The molecule has 0 aromatic rings. The summed E-state index contributed by atoms with van der Waals surface area (Å²) in [6.45, 7) is 5.31. The van der Waals surface area contributed by atoms with Crippen molar-refractivity contribution in [2.24, 2.45) is 22.7 Å². The first-order valence-corrected chi connectivity index (χ1v) is 6.76. The van der Waals surface area contributed by atoms with E-state index in [2.05, 4.69) is 5.16 Å². The van der Waals surface area contributed by atoms with Crippen LogP contribution >= 0.6 is 0 Å². The van der Waals surface area contributed by atoms with Gasteiger partial charge in [-0.05, 0) is 38.5 Å². The Labute approximate surface area is 107 Å². The number of rotatable bonds is 1. The summed E-state index contributed by atoms with van der Waals surface area (Å²) in [6.07, 6.45) is 2.91. The molecule has 0 aromatic carbocycles. The second-order valence-corrected chi connectivity index (χ2v) is 6.21. The van der Waals surface area contributed by atoms with Crippen LogP contribution in [0.2, 0.25) is 0 Å². The highest BCUT2D eigenvalue weighted by Crippen LogP contribution is 2.37. The summed E-state index contributed by atoms with van der Waals surface area (Å²) in [5, 5.41) is 3.92. The number of likely N-dealkylation sites (tertiary alicyclic amines) is 1. The zero-order valence-electron chi connectivity index (χ0n) is 11.1. The molecule has 3 rings (SSSR count). The van der Waals surface area contributed by atoms with Crippen LogP contribution in [0.15, 0.2) is 5.16 Å². The van der Waals surface area contributed by atoms with E-state index in [9.17, 15) is 4.79 Å². The minimum absolute atomic E-state index is 0.0758. The molecule has 0 spiro atoms. The largest absolute Gasteiger partial charge is 0.379 e. The number of nitrogens with zero attached hydrogens (tertiary/aromatic N) is 2. The molecule has 2 heterocycles. The minimum atomic E-state index is -0.787. The lowest BCUT2D eigenvalue weighted by molar-refractivity contribution is -0.155. The Hall–Kier alpha value is -1.10. The third-order valence-corrected chi connectivity index (χ3v) is 4.64. The van der Waals surface area contributed by atoms with Gasteiger partial charge in [0, 0.05) is 25.6 Å². The van der Waals surface area contributed by atoms with E-state index < -0.39 is 5.60 Å². The Bertz CT molecular complexity index is 395. The highest BCUT2D eigenvalue weighted by atomic mass is 16.7. The summed E-state index contributed by atoms with van der Waals surface area (Å²) in [5.41, 5.74) is 6.27. The van der Waals surface area contributed by atoms with Crippen molar-refractivity contribution in [2.45, 2.75) is 44.8 Å². The van der Waals surface area contributed by atoms with Crippen LogP contribution in [0.1, 0.15) is 33.1 Å². The molecular formula is C13H21N3O2. The number of fused-ring (bicyclic) bond motifs is 2. The van der Waals surface area contributed by atoms with Gasteiger partial charge in [0.2, 0.25) is 5.60 Å². The average Bonchev–Trinajstić information content (AvgIpc) is 2.76. The van der Waals surface area contributed by atoms with Gasteiger partial charge in [-0.3, -0.25) is 4.79 Å². The fourth-order valence-corrected chi connectivity index (χ4v) is 3.61. The summed E-state index contributed by atoms with van der Waals surface area (Å²) >= 11 is 0. The molecule has 2 bridgehead atoms. The van der Waals surface area contributed by atoms with E-state index in [0.29, 0.717) is 18.3 Å². The van der Waals surface area contributed by atoms with Crippen LogP contribution < -0.4 is 5.73 Å².